The van der Waals surface area contributed by atoms with E-state index in [0.29, 0.717) is 22.3 Å². The Kier molecular flexibility index (Phi) is 4.23. The number of aromatic nitrogens is 2. The molecule has 0 bridgehead atoms. The molecule has 1 heterocycles. The molecule has 3 aromatic rings. The van der Waals surface area contributed by atoms with E-state index in [1.54, 1.807) is 44.5 Å². The number of fused-ring (bicyclic) bond motifs is 1. The van der Waals surface area contributed by atoms with Crippen molar-refractivity contribution in [1.29, 1.82) is 0 Å². The van der Waals surface area contributed by atoms with Crippen molar-refractivity contribution in [2.75, 3.05) is 7.11 Å². The highest BCUT2D eigenvalue weighted by atomic mass is 16.5. The SMILES string of the molecule is COc1ccc2nc(C#Cc3ccc(C(=O)O)cc3)c(=O)n(C)c2c1. The third-order valence-corrected chi connectivity index (χ3v) is 3.74. The van der Waals surface area contributed by atoms with E-state index in [2.05, 4.69) is 16.8 Å². The van der Waals surface area contributed by atoms with Crippen LogP contribution in [0.15, 0.2) is 47.3 Å². The van der Waals surface area contributed by atoms with E-state index in [1.807, 2.05) is 0 Å². The highest BCUT2D eigenvalue weighted by Crippen LogP contribution is 2.17. The molecular weight excluding hydrogens is 320 g/mol. The minimum absolute atomic E-state index is 0.127. The van der Waals surface area contributed by atoms with Gasteiger partial charge >= 0.3 is 5.97 Å². The van der Waals surface area contributed by atoms with Crippen LogP contribution in [0.2, 0.25) is 0 Å². The minimum atomic E-state index is -1.000. The topological polar surface area (TPSA) is 81.4 Å². The summed E-state index contributed by atoms with van der Waals surface area (Å²) in [6.45, 7) is 0. The van der Waals surface area contributed by atoms with E-state index in [1.165, 1.54) is 16.7 Å². The van der Waals surface area contributed by atoms with Gasteiger partial charge in [0.15, 0.2) is 5.69 Å². The van der Waals surface area contributed by atoms with Gasteiger partial charge in [0.25, 0.3) is 5.56 Å². The van der Waals surface area contributed by atoms with E-state index in [-0.39, 0.29) is 16.8 Å². The molecule has 0 amide bonds. The van der Waals surface area contributed by atoms with Gasteiger partial charge in [0.2, 0.25) is 0 Å². The summed E-state index contributed by atoms with van der Waals surface area (Å²) < 4.78 is 6.64. The molecule has 6 nitrogen and oxygen atoms in total. The predicted octanol–water partition coefficient (Wildman–Crippen LogP) is 2.04. The molecule has 0 atom stereocenters. The molecule has 0 saturated carbocycles. The maximum absolute atomic E-state index is 12.4. The average Bonchev–Trinajstić information content (AvgIpc) is 2.63. The fraction of sp³-hybridized carbons (Fsp3) is 0.105. The summed E-state index contributed by atoms with van der Waals surface area (Å²) >= 11 is 0. The number of benzene rings is 2. The standard InChI is InChI=1S/C19H14N2O4/c1-21-17-11-14(25-2)8-10-15(17)20-16(18(21)22)9-5-12-3-6-13(7-4-12)19(23)24/h3-4,6-8,10-11H,1-2H3,(H,23,24). The Morgan fingerprint density at radius 2 is 1.88 bits per heavy atom. The number of rotatable bonds is 2. The lowest BCUT2D eigenvalue weighted by Gasteiger charge is -2.07. The number of methoxy groups -OCH3 is 1. The van der Waals surface area contributed by atoms with Gasteiger partial charge in [0.05, 0.1) is 23.7 Å². The zero-order valence-corrected chi connectivity index (χ0v) is 13.6. The number of aromatic carboxylic acids is 1. The first-order valence-corrected chi connectivity index (χ1v) is 7.40. The Morgan fingerprint density at radius 1 is 1.16 bits per heavy atom. The first-order valence-electron chi connectivity index (χ1n) is 7.40. The number of ether oxygens (including phenoxy) is 1. The molecule has 0 unspecified atom stereocenters. The van der Waals surface area contributed by atoms with E-state index < -0.39 is 5.97 Å². The van der Waals surface area contributed by atoms with Crippen LogP contribution >= 0.6 is 0 Å². The first kappa shape index (κ1) is 16.3. The maximum Gasteiger partial charge on any atom is 0.335 e. The van der Waals surface area contributed by atoms with Gasteiger partial charge in [-0.15, -0.1) is 0 Å². The molecule has 1 N–H and O–H groups in total. The van der Waals surface area contributed by atoms with Gasteiger partial charge in [-0.1, -0.05) is 5.92 Å². The van der Waals surface area contributed by atoms with E-state index in [9.17, 15) is 9.59 Å². The molecule has 0 aliphatic carbocycles. The van der Waals surface area contributed by atoms with Crippen LogP contribution < -0.4 is 10.3 Å². The fourth-order valence-electron chi connectivity index (χ4n) is 2.34. The molecule has 6 heteroatoms. The molecular formula is C19H14N2O4. The Morgan fingerprint density at radius 3 is 2.52 bits per heavy atom. The van der Waals surface area contributed by atoms with Crippen LogP contribution in [0.4, 0.5) is 0 Å². The highest BCUT2D eigenvalue weighted by molar-refractivity contribution is 5.87. The normalized spacial score (nSPS) is 10.2. The summed E-state index contributed by atoms with van der Waals surface area (Å²) in [5, 5.41) is 8.89. The van der Waals surface area contributed by atoms with E-state index >= 15 is 0 Å². The summed E-state index contributed by atoms with van der Waals surface area (Å²) in [5.41, 5.74) is 1.88. The number of aryl methyl sites for hydroxylation is 1. The second-order valence-electron chi connectivity index (χ2n) is 5.31. The molecule has 0 aliphatic heterocycles. The fourth-order valence-corrected chi connectivity index (χ4v) is 2.34. The van der Waals surface area contributed by atoms with Gasteiger partial charge in [-0.25, -0.2) is 9.78 Å². The second kappa shape index (κ2) is 6.49. The van der Waals surface area contributed by atoms with Gasteiger partial charge in [-0.05, 0) is 42.3 Å². The zero-order chi connectivity index (χ0) is 18.0. The van der Waals surface area contributed by atoms with Crippen LogP contribution in [0.3, 0.4) is 0 Å². The van der Waals surface area contributed by atoms with Crippen LogP contribution in [-0.4, -0.2) is 27.7 Å². The minimum Gasteiger partial charge on any atom is -0.497 e. The first-order chi connectivity index (χ1) is 12.0. The van der Waals surface area contributed by atoms with Crippen LogP contribution in [0.5, 0.6) is 5.75 Å². The molecule has 2 aromatic carbocycles. The molecule has 25 heavy (non-hydrogen) atoms. The number of carboxylic acids is 1. The predicted molar refractivity (Wildman–Crippen MR) is 92.9 cm³/mol. The van der Waals surface area contributed by atoms with Gasteiger partial charge in [-0.3, -0.25) is 4.79 Å². The Balaban J connectivity index is 2.04. The molecule has 0 radical (unpaired) electrons. The monoisotopic (exact) mass is 334 g/mol. The van der Waals surface area contributed by atoms with Crippen molar-refractivity contribution in [3.63, 3.8) is 0 Å². The number of carboxylic acid groups (broad SMARTS) is 1. The Labute approximate surface area is 143 Å². The maximum atomic E-state index is 12.4. The second-order valence-corrected chi connectivity index (χ2v) is 5.31. The summed E-state index contributed by atoms with van der Waals surface area (Å²) in [6, 6.07) is 11.4. The van der Waals surface area contributed by atoms with Crippen molar-refractivity contribution >= 4 is 17.0 Å². The number of carbonyl (C=O) groups is 1. The van der Waals surface area contributed by atoms with E-state index in [4.69, 9.17) is 9.84 Å². The smallest absolute Gasteiger partial charge is 0.335 e. The van der Waals surface area contributed by atoms with Gasteiger partial charge < -0.3 is 14.4 Å². The summed E-state index contributed by atoms with van der Waals surface area (Å²) in [5.74, 6) is 5.25. The van der Waals surface area contributed by atoms with Crippen LogP contribution in [0.1, 0.15) is 21.6 Å². The Bertz CT molecular complexity index is 1090. The van der Waals surface area contributed by atoms with E-state index in [0.717, 1.165) is 0 Å². The molecule has 3 rings (SSSR count). The molecule has 124 valence electrons. The summed E-state index contributed by atoms with van der Waals surface area (Å²) in [4.78, 5) is 27.6. The van der Waals surface area contributed by atoms with Crippen molar-refractivity contribution in [2.45, 2.75) is 0 Å². The van der Waals surface area contributed by atoms with Gasteiger partial charge in [0.1, 0.15) is 5.75 Å². The number of hydrogen-bond donors (Lipinski definition) is 1. The lowest BCUT2D eigenvalue weighted by molar-refractivity contribution is 0.0697. The van der Waals surface area contributed by atoms with Crippen molar-refractivity contribution in [3.8, 4) is 17.6 Å². The molecule has 0 saturated heterocycles. The molecule has 1 aromatic heterocycles. The lowest BCUT2D eigenvalue weighted by atomic mass is 10.1. The van der Waals surface area contributed by atoms with Crippen LogP contribution in [0, 0.1) is 11.8 Å². The zero-order valence-electron chi connectivity index (χ0n) is 13.6. The van der Waals surface area contributed by atoms with Crippen molar-refractivity contribution in [2.24, 2.45) is 7.05 Å². The lowest BCUT2D eigenvalue weighted by Crippen LogP contribution is -2.21. The molecule has 0 spiro atoms. The van der Waals surface area contributed by atoms with Crippen molar-refractivity contribution in [3.05, 3.63) is 69.6 Å². The van der Waals surface area contributed by atoms with Crippen molar-refractivity contribution in [1.82, 2.24) is 9.55 Å². The highest BCUT2D eigenvalue weighted by Gasteiger charge is 2.08. The third kappa shape index (κ3) is 3.21. The number of nitrogens with zero attached hydrogens (tertiary/aromatic N) is 2. The van der Waals surface area contributed by atoms with Gasteiger partial charge in [0, 0.05) is 18.7 Å². The Hall–Kier alpha value is -3.59. The van der Waals surface area contributed by atoms with Crippen LogP contribution in [0.25, 0.3) is 11.0 Å². The number of hydrogen-bond acceptors (Lipinski definition) is 4. The molecule has 0 fully saturated rings. The van der Waals surface area contributed by atoms with Crippen LogP contribution in [-0.2, 0) is 7.05 Å². The third-order valence-electron chi connectivity index (χ3n) is 3.74. The average molecular weight is 334 g/mol. The molecule has 0 aliphatic rings. The van der Waals surface area contributed by atoms with Crippen molar-refractivity contribution < 1.29 is 14.6 Å². The largest absolute Gasteiger partial charge is 0.497 e. The summed E-state index contributed by atoms with van der Waals surface area (Å²) in [7, 11) is 3.21. The quantitative estimate of drug-likeness (QED) is 0.725. The summed E-state index contributed by atoms with van der Waals surface area (Å²) in [6.07, 6.45) is 0. The van der Waals surface area contributed by atoms with Gasteiger partial charge in [-0.2, -0.15) is 0 Å².